The number of hydrogen-bond donors (Lipinski definition) is 0. The van der Waals surface area contributed by atoms with Gasteiger partial charge < -0.3 is 4.74 Å². The lowest BCUT2D eigenvalue weighted by Crippen LogP contribution is -2.67. The minimum Gasteiger partial charge on any atom is -0.452 e. The summed E-state index contributed by atoms with van der Waals surface area (Å²) in [5, 5.41) is 0. The molecule has 2 rings (SSSR count). The lowest BCUT2D eigenvalue weighted by molar-refractivity contribution is -0.687. The molecule has 0 unspecified atom stereocenters. The molecule has 0 aliphatic carbocycles. The van der Waals surface area contributed by atoms with Crippen molar-refractivity contribution < 1.29 is 83.9 Å². The van der Waals surface area contributed by atoms with E-state index in [1.165, 1.54) is 10.8 Å². The van der Waals surface area contributed by atoms with Crippen LogP contribution in [-0.2, 0) is 13.1 Å². The van der Waals surface area contributed by atoms with Crippen molar-refractivity contribution in [3.63, 3.8) is 0 Å². The van der Waals surface area contributed by atoms with Gasteiger partial charge in [0.15, 0.2) is 0 Å². The maximum atomic E-state index is 14.8. The standard InChI is InChI=1S/C23H18F17N2O/c1-2-3-8-41-9-10-42(12-41)11-13-4-6-14(7-5-13)43-16(19(26,27)28)15(17(24,20(29,30)31)21(32,33)34)18(25,22(35,36)37)23(38,39)40/h4-7,9-10,12H,2-3,8,11H2,1H3/q+1. The summed E-state index contributed by atoms with van der Waals surface area (Å²) >= 11 is 0. The third kappa shape index (κ3) is 7.13. The fraction of sp³-hybridized carbons (Fsp3) is 0.522. The van der Waals surface area contributed by atoms with Crippen molar-refractivity contribution in [3.05, 3.63) is 59.9 Å². The van der Waals surface area contributed by atoms with E-state index in [0.29, 0.717) is 18.7 Å². The van der Waals surface area contributed by atoms with E-state index in [1.807, 2.05) is 6.92 Å². The first-order valence-electron chi connectivity index (χ1n) is 11.5. The maximum Gasteiger partial charge on any atom is 0.449 e. The van der Waals surface area contributed by atoms with Crippen molar-refractivity contribution in [1.82, 2.24) is 4.57 Å². The topological polar surface area (TPSA) is 18.0 Å². The number of benzene rings is 1. The molecule has 0 atom stereocenters. The first-order chi connectivity index (χ1) is 19.2. The number of unbranched alkanes of at least 4 members (excludes halogenated alkanes) is 1. The number of aromatic nitrogens is 2. The predicted molar refractivity (Wildman–Crippen MR) is 111 cm³/mol. The van der Waals surface area contributed by atoms with Crippen LogP contribution in [0.25, 0.3) is 0 Å². The first kappa shape index (κ1) is 36.0. The fourth-order valence-corrected chi connectivity index (χ4v) is 3.69. The van der Waals surface area contributed by atoms with Gasteiger partial charge in [0.2, 0.25) is 12.1 Å². The van der Waals surface area contributed by atoms with E-state index in [4.69, 9.17) is 0 Å². The highest BCUT2D eigenvalue weighted by Crippen LogP contribution is 2.63. The van der Waals surface area contributed by atoms with Crippen LogP contribution < -0.4 is 9.30 Å². The van der Waals surface area contributed by atoms with E-state index in [1.54, 1.807) is 17.1 Å². The van der Waals surface area contributed by atoms with Gasteiger partial charge in [0.05, 0.1) is 12.1 Å². The predicted octanol–water partition coefficient (Wildman–Crippen LogP) is 8.49. The van der Waals surface area contributed by atoms with Crippen LogP contribution in [0.5, 0.6) is 5.75 Å². The van der Waals surface area contributed by atoms with Crippen molar-refractivity contribution >= 4 is 0 Å². The van der Waals surface area contributed by atoms with Gasteiger partial charge in [-0.05, 0) is 24.1 Å². The number of allylic oxidation sites excluding steroid dienone is 2. The van der Waals surface area contributed by atoms with Crippen LogP contribution in [0, 0.1) is 0 Å². The molecule has 0 fully saturated rings. The SMILES string of the molecule is CCCCn1cc[n+](Cc2ccc(OC(=C(C(F)(C(F)(F)F)C(F)(F)F)C(F)(C(F)(F)F)C(F)(F)F)C(F)(F)F)cc2)c1. The normalized spacial score (nSPS) is 14.2. The van der Waals surface area contributed by atoms with Gasteiger partial charge in [0, 0.05) is 0 Å². The minimum absolute atomic E-state index is 0.0852. The number of hydrogen-bond acceptors (Lipinski definition) is 1. The highest BCUT2D eigenvalue weighted by molar-refractivity contribution is 5.42. The molecule has 0 N–H and O–H groups in total. The molecule has 244 valence electrons. The van der Waals surface area contributed by atoms with Crippen LogP contribution in [-0.4, -0.2) is 46.8 Å². The molecule has 20 heteroatoms. The molecular formula is C23H18F17N2O+. The molecule has 0 amide bonds. The lowest BCUT2D eigenvalue weighted by Gasteiger charge is -2.41. The van der Waals surface area contributed by atoms with E-state index >= 15 is 0 Å². The molecule has 0 saturated heterocycles. The lowest BCUT2D eigenvalue weighted by atomic mass is 9.79. The second-order valence-electron chi connectivity index (χ2n) is 8.93. The second kappa shape index (κ2) is 11.7. The zero-order valence-corrected chi connectivity index (χ0v) is 21.1. The average Bonchev–Trinajstić information content (AvgIpc) is 3.26. The Bertz CT molecular complexity index is 1190. The molecule has 3 nitrogen and oxygen atoms in total. The smallest absolute Gasteiger partial charge is 0.449 e. The Balaban J connectivity index is 2.82. The molecule has 0 aliphatic rings. The Hall–Kier alpha value is -3.22. The van der Waals surface area contributed by atoms with Gasteiger partial charge in [-0.1, -0.05) is 25.5 Å². The summed E-state index contributed by atoms with van der Waals surface area (Å²) in [5.74, 6) is -6.13. The van der Waals surface area contributed by atoms with Crippen molar-refractivity contribution in [2.45, 2.75) is 75.1 Å². The summed E-state index contributed by atoms with van der Waals surface area (Å²) in [4.78, 5) is 0. The number of halogens is 17. The summed E-state index contributed by atoms with van der Waals surface area (Å²) in [6, 6.07) is 2.17. The molecular weight excluding hydrogens is 643 g/mol. The molecule has 0 radical (unpaired) electrons. The maximum absolute atomic E-state index is 14.8. The van der Waals surface area contributed by atoms with Gasteiger partial charge in [-0.2, -0.15) is 65.9 Å². The second-order valence-corrected chi connectivity index (χ2v) is 8.93. The van der Waals surface area contributed by atoms with Crippen molar-refractivity contribution in [2.75, 3.05) is 0 Å². The Labute approximate surface area is 230 Å². The minimum atomic E-state index is -8.22. The van der Waals surface area contributed by atoms with Gasteiger partial charge in [0.25, 0.3) is 0 Å². The van der Waals surface area contributed by atoms with Gasteiger partial charge in [-0.15, -0.1) is 0 Å². The summed E-state index contributed by atoms with van der Waals surface area (Å²) in [6.07, 6.45) is -33.1. The Morgan fingerprint density at radius 2 is 1.14 bits per heavy atom. The van der Waals surface area contributed by atoms with Gasteiger partial charge in [0.1, 0.15) is 24.7 Å². The molecule has 2 aromatic rings. The van der Waals surface area contributed by atoms with E-state index < -0.39 is 59.3 Å². The summed E-state index contributed by atoms with van der Waals surface area (Å²) < 4.78 is 237. The molecule has 1 heterocycles. The van der Waals surface area contributed by atoms with Gasteiger partial charge >= 0.3 is 42.2 Å². The van der Waals surface area contributed by atoms with E-state index in [-0.39, 0.29) is 12.1 Å². The third-order valence-electron chi connectivity index (χ3n) is 5.76. The highest BCUT2D eigenvalue weighted by Gasteiger charge is 2.88. The molecule has 0 aliphatic heterocycles. The number of nitrogens with zero attached hydrogens (tertiary/aromatic N) is 2. The van der Waals surface area contributed by atoms with E-state index in [9.17, 15) is 74.6 Å². The van der Waals surface area contributed by atoms with Crippen LogP contribution in [0.3, 0.4) is 0 Å². The zero-order chi connectivity index (χ0) is 33.4. The zero-order valence-electron chi connectivity index (χ0n) is 21.1. The monoisotopic (exact) mass is 661 g/mol. The molecule has 0 bridgehead atoms. The number of alkyl halides is 17. The van der Waals surface area contributed by atoms with E-state index in [0.717, 1.165) is 25.0 Å². The Kier molecular flexibility index (Phi) is 9.79. The summed E-state index contributed by atoms with van der Waals surface area (Å²) in [6.45, 7) is 2.41. The summed E-state index contributed by atoms with van der Waals surface area (Å²) in [7, 11) is 0. The number of imidazole rings is 1. The molecule has 0 spiro atoms. The summed E-state index contributed by atoms with van der Waals surface area (Å²) in [5.41, 5.74) is -21.8. The van der Waals surface area contributed by atoms with Crippen LogP contribution in [0.15, 0.2) is 54.3 Å². The first-order valence-corrected chi connectivity index (χ1v) is 11.5. The molecule has 43 heavy (non-hydrogen) atoms. The number of ether oxygens (including phenoxy) is 1. The van der Waals surface area contributed by atoms with Crippen molar-refractivity contribution in [3.8, 4) is 5.75 Å². The van der Waals surface area contributed by atoms with Crippen LogP contribution in [0.1, 0.15) is 25.3 Å². The molecule has 0 saturated carbocycles. The van der Waals surface area contributed by atoms with Gasteiger partial charge in [-0.25, -0.2) is 17.9 Å². The van der Waals surface area contributed by atoms with Crippen LogP contribution in [0.2, 0.25) is 0 Å². The molecule has 1 aromatic heterocycles. The van der Waals surface area contributed by atoms with Crippen LogP contribution >= 0.6 is 0 Å². The van der Waals surface area contributed by atoms with Crippen molar-refractivity contribution in [1.29, 1.82) is 0 Å². The number of aryl methyl sites for hydroxylation is 1. The van der Waals surface area contributed by atoms with Crippen LogP contribution in [0.4, 0.5) is 74.6 Å². The highest BCUT2D eigenvalue weighted by atomic mass is 19.4. The third-order valence-corrected chi connectivity index (χ3v) is 5.76. The largest absolute Gasteiger partial charge is 0.452 e. The average molecular weight is 661 g/mol. The fourth-order valence-electron chi connectivity index (χ4n) is 3.69. The Morgan fingerprint density at radius 1 is 0.698 bits per heavy atom. The quantitative estimate of drug-likeness (QED) is 0.150. The van der Waals surface area contributed by atoms with E-state index in [2.05, 4.69) is 4.74 Å². The van der Waals surface area contributed by atoms with Gasteiger partial charge in [-0.3, -0.25) is 0 Å². The van der Waals surface area contributed by atoms with Crippen molar-refractivity contribution in [2.24, 2.45) is 0 Å². The number of rotatable bonds is 9. The Morgan fingerprint density at radius 3 is 1.51 bits per heavy atom. The molecule has 1 aromatic carbocycles.